The Hall–Kier alpha value is -2.41. The minimum atomic E-state index is -0.651. The second kappa shape index (κ2) is 6.39. The molecule has 3 heterocycles. The molecule has 0 radical (unpaired) electrons. The van der Waals surface area contributed by atoms with Gasteiger partial charge < -0.3 is 19.8 Å². The quantitative estimate of drug-likeness (QED) is 0.738. The van der Waals surface area contributed by atoms with Crippen molar-refractivity contribution in [2.45, 2.75) is 32.7 Å². The van der Waals surface area contributed by atoms with Gasteiger partial charge in [0.15, 0.2) is 0 Å². The lowest BCUT2D eigenvalue weighted by Crippen LogP contribution is -2.44. The third kappa shape index (κ3) is 2.86. The summed E-state index contributed by atoms with van der Waals surface area (Å²) in [7, 11) is 2.09. The minimum absolute atomic E-state index is 0.0858. The van der Waals surface area contributed by atoms with Gasteiger partial charge in [0, 0.05) is 24.6 Å². The van der Waals surface area contributed by atoms with Crippen molar-refractivity contribution in [1.82, 2.24) is 19.8 Å². The molecular formula is C19H24N4O3. The van der Waals surface area contributed by atoms with Crippen molar-refractivity contribution in [3.8, 4) is 0 Å². The van der Waals surface area contributed by atoms with Gasteiger partial charge in [-0.05, 0) is 63.5 Å². The summed E-state index contributed by atoms with van der Waals surface area (Å²) in [5, 5.41) is 0. The Labute approximate surface area is 151 Å². The molecule has 1 saturated heterocycles. The molecule has 0 unspecified atom stereocenters. The zero-order chi connectivity index (χ0) is 18.4. The van der Waals surface area contributed by atoms with Crippen LogP contribution in [0.25, 0.3) is 11.0 Å². The number of rotatable bonds is 1. The Morgan fingerprint density at radius 3 is 2.50 bits per heavy atom. The van der Waals surface area contributed by atoms with E-state index in [9.17, 15) is 14.4 Å². The molecule has 1 aromatic heterocycles. The summed E-state index contributed by atoms with van der Waals surface area (Å²) in [5.41, 5.74) is 3.19. The zero-order valence-corrected chi connectivity index (χ0v) is 15.2. The monoisotopic (exact) mass is 356 g/mol. The lowest BCUT2D eigenvalue weighted by molar-refractivity contribution is -0.137. The van der Waals surface area contributed by atoms with E-state index in [1.807, 2.05) is 17.9 Å². The fraction of sp³-hybridized carbons (Fsp3) is 0.526. The number of hydrogen-bond acceptors (Lipinski definition) is 4. The fourth-order valence-electron chi connectivity index (χ4n) is 4.26. The number of aromatic amines is 2. The Morgan fingerprint density at radius 1 is 1.08 bits per heavy atom. The number of aryl methyl sites for hydroxylation is 1. The molecule has 1 aromatic carbocycles. The summed E-state index contributed by atoms with van der Waals surface area (Å²) < 4.78 is 0. The predicted molar refractivity (Wildman–Crippen MR) is 99.3 cm³/mol. The van der Waals surface area contributed by atoms with Crippen LogP contribution in [0.3, 0.4) is 0 Å². The van der Waals surface area contributed by atoms with Crippen molar-refractivity contribution >= 4 is 16.9 Å². The second-order valence-electron chi connectivity index (χ2n) is 7.57. The van der Waals surface area contributed by atoms with Crippen LogP contribution in [-0.2, 0) is 17.8 Å². The molecule has 26 heavy (non-hydrogen) atoms. The number of carbonyl (C=O) groups excluding carboxylic acids is 1. The standard InChI is InChI=1S/C19H24N4O3/c1-11-9-15-16(21-18(25)17(24)20-15)14-10-23(8-5-13(11)14)19(26)12-3-6-22(2)7-4-12/h9,12H,3-8,10H2,1-2H3,(H,20,24)(H,21,25). The lowest BCUT2D eigenvalue weighted by atomic mass is 9.91. The highest BCUT2D eigenvalue weighted by atomic mass is 16.2. The molecule has 2 aromatic rings. The molecule has 2 N–H and O–H groups in total. The highest BCUT2D eigenvalue weighted by molar-refractivity contribution is 5.83. The number of fused-ring (bicyclic) bond motifs is 3. The van der Waals surface area contributed by atoms with Gasteiger partial charge in [-0.3, -0.25) is 14.4 Å². The van der Waals surface area contributed by atoms with Crippen LogP contribution >= 0.6 is 0 Å². The number of aromatic nitrogens is 2. The van der Waals surface area contributed by atoms with E-state index >= 15 is 0 Å². The number of likely N-dealkylation sites (tertiary alicyclic amines) is 1. The van der Waals surface area contributed by atoms with E-state index in [4.69, 9.17) is 0 Å². The molecule has 0 atom stereocenters. The number of benzene rings is 1. The highest BCUT2D eigenvalue weighted by Gasteiger charge is 2.30. The summed E-state index contributed by atoms with van der Waals surface area (Å²) in [5.74, 6) is 0.299. The molecule has 0 saturated carbocycles. The van der Waals surface area contributed by atoms with E-state index in [1.54, 1.807) is 0 Å². The Morgan fingerprint density at radius 2 is 1.77 bits per heavy atom. The molecule has 138 valence electrons. The molecule has 0 spiro atoms. The average molecular weight is 356 g/mol. The highest BCUT2D eigenvalue weighted by Crippen LogP contribution is 2.29. The molecule has 2 aliphatic rings. The van der Waals surface area contributed by atoms with Crippen LogP contribution < -0.4 is 11.1 Å². The zero-order valence-electron chi connectivity index (χ0n) is 15.2. The average Bonchev–Trinajstić information content (AvgIpc) is 2.63. The SMILES string of the molecule is Cc1cc2[nH]c(=O)c(=O)[nH]c2c2c1CCN(C(=O)C1CCN(C)CC1)C2. The summed E-state index contributed by atoms with van der Waals surface area (Å²) >= 11 is 0. The first-order chi connectivity index (χ1) is 12.4. The number of piperidine rings is 1. The van der Waals surface area contributed by atoms with E-state index in [-0.39, 0.29) is 11.8 Å². The number of amides is 1. The van der Waals surface area contributed by atoms with Gasteiger partial charge in [0.1, 0.15) is 0 Å². The number of carbonyl (C=O) groups is 1. The summed E-state index contributed by atoms with van der Waals surface area (Å²) in [6.45, 7) is 5.11. The van der Waals surface area contributed by atoms with Crippen molar-refractivity contribution in [1.29, 1.82) is 0 Å². The van der Waals surface area contributed by atoms with Crippen molar-refractivity contribution in [3.63, 3.8) is 0 Å². The first-order valence-electron chi connectivity index (χ1n) is 9.19. The second-order valence-corrected chi connectivity index (χ2v) is 7.57. The third-order valence-electron chi connectivity index (χ3n) is 5.83. The van der Waals surface area contributed by atoms with Crippen LogP contribution in [0.5, 0.6) is 0 Å². The maximum absolute atomic E-state index is 13.0. The minimum Gasteiger partial charge on any atom is -0.338 e. The summed E-state index contributed by atoms with van der Waals surface area (Å²) in [6, 6.07) is 1.90. The van der Waals surface area contributed by atoms with Crippen LogP contribution in [0.1, 0.15) is 29.5 Å². The lowest BCUT2D eigenvalue weighted by Gasteiger charge is -2.35. The number of hydrogen-bond donors (Lipinski definition) is 2. The van der Waals surface area contributed by atoms with E-state index in [2.05, 4.69) is 21.9 Å². The summed E-state index contributed by atoms with van der Waals surface area (Å²) in [6.07, 6.45) is 2.57. The van der Waals surface area contributed by atoms with Gasteiger partial charge in [-0.15, -0.1) is 0 Å². The Kier molecular flexibility index (Phi) is 4.19. The van der Waals surface area contributed by atoms with Gasteiger partial charge in [-0.2, -0.15) is 0 Å². The van der Waals surface area contributed by atoms with Crippen molar-refractivity contribution in [2.24, 2.45) is 5.92 Å². The van der Waals surface area contributed by atoms with Gasteiger partial charge >= 0.3 is 11.1 Å². The first kappa shape index (κ1) is 17.0. The molecule has 1 amide bonds. The van der Waals surface area contributed by atoms with Gasteiger partial charge in [0.2, 0.25) is 5.91 Å². The number of H-pyrrole nitrogens is 2. The van der Waals surface area contributed by atoms with Crippen LogP contribution in [-0.4, -0.2) is 52.4 Å². The molecule has 7 heteroatoms. The summed E-state index contributed by atoms with van der Waals surface area (Å²) in [4.78, 5) is 46.0. The molecule has 0 bridgehead atoms. The normalized spacial score (nSPS) is 18.9. The topological polar surface area (TPSA) is 89.3 Å². The molecule has 4 rings (SSSR count). The number of nitrogens with one attached hydrogen (secondary N) is 2. The van der Waals surface area contributed by atoms with Gasteiger partial charge in [0.25, 0.3) is 0 Å². The smallest absolute Gasteiger partial charge is 0.314 e. The van der Waals surface area contributed by atoms with E-state index in [0.717, 1.165) is 43.5 Å². The van der Waals surface area contributed by atoms with Gasteiger partial charge in [-0.1, -0.05) is 0 Å². The van der Waals surface area contributed by atoms with Crippen LogP contribution in [0, 0.1) is 12.8 Å². The predicted octanol–water partition coefficient (Wildman–Crippen LogP) is 0.751. The maximum Gasteiger partial charge on any atom is 0.314 e. The van der Waals surface area contributed by atoms with Crippen LogP contribution in [0.15, 0.2) is 15.7 Å². The fourth-order valence-corrected chi connectivity index (χ4v) is 4.26. The van der Waals surface area contributed by atoms with Gasteiger partial charge in [0.05, 0.1) is 11.0 Å². The molecular weight excluding hydrogens is 332 g/mol. The Bertz CT molecular complexity index is 983. The third-order valence-corrected chi connectivity index (χ3v) is 5.83. The molecule has 0 aliphatic carbocycles. The van der Waals surface area contributed by atoms with E-state index in [1.165, 1.54) is 5.56 Å². The van der Waals surface area contributed by atoms with Gasteiger partial charge in [-0.25, -0.2) is 0 Å². The maximum atomic E-state index is 13.0. The van der Waals surface area contributed by atoms with Crippen molar-refractivity contribution in [2.75, 3.05) is 26.7 Å². The molecule has 2 aliphatic heterocycles. The van der Waals surface area contributed by atoms with Crippen LogP contribution in [0.2, 0.25) is 0 Å². The van der Waals surface area contributed by atoms with Crippen molar-refractivity contribution in [3.05, 3.63) is 43.5 Å². The largest absolute Gasteiger partial charge is 0.338 e. The van der Waals surface area contributed by atoms with E-state index in [0.29, 0.717) is 24.1 Å². The van der Waals surface area contributed by atoms with Crippen LogP contribution in [0.4, 0.5) is 0 Å². The van der Waals surface area contributed by atoms with E-state index < -0.39 is 11.1 Å². The number of nitrogens with zero attached hydrogens (tertiary/aromatic N) is 2. The molecule has 1 fully saturated rings. The first-order valence-corrected chi connectivity index (χ1v) is 9.19. The molecule has 7 nitrogen and oxygen atoms in total. The Balaban J connectivity index is 1.69. The van der Waals surface area contributed by atoms with Crippen molar-refractivity contribution < 1.29 is 4.79 Å².